The number of aromatic nitrogens is 1. The molecule has 27 heavy (non-hydrogen) atoms. The molecule has 6 rings (SSSR count). The Labute approximate surface area is 163 Å². The first-order valence-electron chi connectivity index (χ1n) is 8.90. The highest BCUT2D eigenvalue weighted by atomic mass is 79.9. The lowest BCUT2D eigenvalue weighted by atomic mass is 10.1. The van der Waals surface area contributed by atoms with Gasteiger partial charge in [0.2, 0.25) is 0 Å². The fraction of sp³-hybridized carbons (Fsp3) is 0. The van der Waals surface area contributed by atoms with Gasteiger partial charge in [0.05, 0.1) is 11.0 Å². The predicted molar refractivity (Wildman–Crippen MR) is 116 cm³/mol. The maximum absolute atomic E-state index is 6.00. The van der Waals surface area contributed by atoms with Gasteiger partial charge in [-0.05, 0) is 42.5 Å². The van der Waals surface area contributed by atoms with Gasteiger partial charge in [-0.3, -0.25) is 0 Å². The molecule has 3 heteroatoms. The number of rotatable bonds is 1. The van der Waals surface area contributed by atoms with Gasteiger partial charge in [-0.2, -0.15) is 0 Å². The molecule has 0 aliphatic carbocycles. The van der Waals surface area contributed by atoms with Crippen molar-refractivity contribution in [1.29, 1.82) is 0 Å². The Morgan fingerprint density at radius 2 is 1.33 bits per heavy atom. The minimum atomic E-state index is 0.918. The third kappa shape index (κ3) is 2.12. The van der Waals surface area contributed by atoms with E-state index in [0.717, 1.165) is 32.1 Å². The molecule has 0 N–H and O–H groups in total. The number of benzene rings is 4. The quantitative estimate of drug-likeness (QED) is 0.274. The second-order valence-corrected chi connectivity index (χ2v) is 7.71. The average molecular weight is 412 g/mol. The summed E-state index contributed by atoms with van der Waals surface area (Å²) in [5, 5.41) is 4.81. The normalized spacial score (nSPS) is 11.9. The Kier molecular flexibility index (Phi) is 3.06. The van der Waals surface area contributed by atoms with Crippen molar-refractivity contribution in [3.63, 3.8) is 0 Å². The van der Waals surface area contributed by atoms with Crippen LogP contribution in [0.5, 0.6) is 0 Å². The summed E-state index contributed by atoms with van der Waals surface area (Å²) in [6.07, 6.45) is 0. The minimum absolute atomic E-state index is 0.918. The van der Waals surface area contributed by atoms with Crippen LogP contribution in [0.15, 0.2) is 93.8 Å². The Hall–Kier alpha value is -3.04. The Morgan fingerprint density at radius 1 is 0.593 bits per heavy atom. The highest BCUT2D eigenvalue weighted by molar-refractivity contribution is 9.10. The molecule has 2 heterocycles. The zero-order valence-electron chi connectivity index (χ0n) is 14.3. The van der Waals surface area contributed by atoms with Gasteiger partial charge in [-0.1, -0.05) is 58.4 Å². The van der Waals surface area contributed by atoms with Crippen molar-refractivity contribution in [1.82, 2.24) is 4.57 Å². The van der Waals surface area contributed by atoms with Gasteiger partial charge in [0, 0.05) is 31.7 Å². The van der Waals surface area contributed by atoms with Gasteiger partial charge in [-0.25, -0.2) is 0 Å². The van der Waals surface area contributed by atoms with Gasteiger partial charge in [0.1, 0.15) is 11.2 Å². The summed E-state index contributed by atoms with van der Waals surface area (Å²) in [7, 11) is 0. The first-order chi connectivity index (χ1) is 13.3. The molecular weight excluding hydrogens is 398 g/mol. The van der Waals surface area contributed by atoms with Crippen molar-refractivity contribution >= 4 is 59.7 Å². The van der Waals surface area contributed by atoms with Crippen LogP contribution < -0.4 is 0 Å². The molecule has 0 bridgehead atoms. The van der Waals surface area contributed by atoms with Crippen LogP contribution in [-0.4, -0.2) is 4.57 Å². The van der Waals surface area contributed by atoms with Crippen LogP contribution in [0.2, 0.25) is 0 Å². The van der Waals surface area contributed by atoms with Gasteiger partial charge in [0.15, 0.2) is 0 Å². The van der Waals surface area contributed by atoms with Gasteiger partial charge >= 0.3 is 0 Å². The average Bonchev–Trinajstić information content (AvgIpc) is 3.22. The Morgan fingerprint density at radius 3 is 2.26 bits per heavy atom. The molecule has 0 amide bonds. The molecule has 6 aromatic rings. The molecule has 0 fully saturated rings. The number of para-hydroxylation sites is 2. The number of furan rings is 1. The number of hydrogen-bond donors (Lipinski definition) is 0. The van der Waals surface area contributed by atoms with Crippen molar-refractivity contribution in [3.8, 4) is 5.69 Å². The van der Waals surface area contributed by atoms with E-state index >= 15 is 0 Å². The van der Waals surface area contributed by atoms with E-state index in [0.29, 0.717) is 0 Å². The molecule has 0 aliphatic rings. The summed E-state index contributed by atoms with van der Waals surface area (Å²) >= 11 is 3.63. The first kappa shape index (κ1) is 15.1. The summed E-state index contributed by atoms with van der Waals surface area (Å²) in [4.78, 5) is 0. The van der Waals surface area contributed by atoms with E-state index in [4.69, 9.17) is 4.42 Å². The van der Waals surface area contributed by atoms with Crippen molar-refractivity contribution in [3.05, 3.63) is 89.4 Å². The highest BCUT2D eigenvalue weighted by Gasteiger charge is 2.14. The molecule has 0 radical (unpaired) electrons. The monoisotopic (exact) mass is 411 g/mol. The van der Waals surface area contributed by atoms with Crippen LogP contribution in [0.3, 0.4) is 0 Å². The molecule has 128 valence electrons. The summed E-state index contributed by atoms with van der Waals surface area (Å²) in [5.74, 6) is 0. The van der Waals surface area contributed by atoms with Gasteiger partial charge < -0.3 is 8.98 Å². The number of nitrogens with zero attached hydrogens (tertiary/aromatic N) is 1. The molecule has 0 aliphatic heterocycles. The standard InChI is InChI=1S/C24H14BrNO/c25-15-9-11-18-17-5-1-3-7-21(17)26(22(18)13-15)16-10-12-24-20(14-16)19-6-2-4-8-23(19)27-24/h1-14H. The van der Waals surface area contributed by atoms with E-state index in [1.165, 1.54) is 21.8 Å². The maximum atomic E-state index is 6.00. The smallest absolute Gasteiger partial charge is 0.135 e. The summed E-state index contributed by atoms with van der Waals surface area (Å²) in [6.45, 7) is 0. The fourth-order valence-electron chi connectivity index (χ4n) is 4.08. The number of fused-ring (bicyclic) bond motifs is 6. The fourth-order valence-corrected chi connectivity index (χ4v) is 4.42. The summed E-state index contributed by atoms with van der Waals surface area (Å²) in [6, 6.07) is 29.7. The lowest BCUT2D eigenvalue weighted by Gasteiger charge is -2.08. The van der Waals surface area contributed by atoms with Crippen LogP contribution in [0, 0.1) is 0 Å². The highest BCUT2D eigenvalue weighted by Crippen LogP contribution is 2.36. The van der Waals surface area contributed by atoms with E-state index in [1.54, 1.807) is 0 Å². The second kappa shape index (κ2) is 5.48. The van der Waals surface area contributed by atoms with Crippen molar-refractivity contribution < 1.29 is 4.42 Å². The molecular formula is C24H14BrNO. The van der Waals surface area contributed by atoms with Crippen molar-refractivity contribution in [2.75, 3.05) is 0 Å². The van der Waals surface area contributed by atoms with Crippen LogP contribution in [0.1, 0.15) is 0 Å². The molecule has 0 atom stereocenters. The molecule has 0 saturated heterocycles. The van der Waals surface area contributed by atoms with Crippen LogP contribution >= 0.6 is 15.9 Å². The van der Waals surface area contributed by atoms with Crippen LogP contribution in [0.25, 0.3) is 49.4 Å². The second-order valence-electron chi connectivity index (χ2n) is 6.79. The van der Waals surface area contributed by atoms with E-state index in [2.05, 4.69) is 93.3 Å². The lowest BCUT2D eigenvalue weighted by Crippen LogP contribution is -1.93. The SMILES string of the molecule is Brc1ccc2c3ccccc3n(-c3ccc4oc5ccccc5c4c3)c2c1. The maximum Gasteiger partial charge on any atom is 0.135 e. The largest absolute Gasteiger partial charge is 0.456 e. The molecule has 2 aromatic heterocycles. The first-order valence-corrected chi connectivity index (χ1v) is 9.69. The van der Waals surface area contributed by atoms with Crippen LogP contribution in [0.4, 0.5) is 0 Å². The third-order valence-electron chi connectivity index (χ3n) is 5.25. The van der Waals surface area contributed by atoms with Gasteiger partial charge in [0.25, 0.3) is 0 Å². The topological polar surface area (TPSA) is 18.1 Å². The molecule has 0 spiro atoms. The lowest BCUT2D eigenvalue weighted by molar-refractivity contribution is 0.669. The molecule has 0 unspecified atom stereocenters. The minimum Gasteiger partial charge on any atom is -0.456 e. The van der Waals surface area contributed by atoms with Crippen molar-refractivity contribution in [2.24, 2.45) is 0 Å². The third-order valence-corrected chi connectivity index (χ3v) is 5.75. The number of halogens is 1. The predicted octanol–water partition coefficient (Wildman–Crippen LogP) is 7.45. The molecule has 0 saturated carbocycles. The zero-order valence-corrected chi connectivity index (χ0v) is 15.9. The van der Waals surface area contributed by atoms with Gasteiger partial charge in [-0.15, -0.1) is 0 Å². The van der Waals surface area contributed by atoms with E-state index in [9.17, 15) is 0 Å². The molecule has 2 nitrogen and oxygen atoms in total. The van der Waals surface area contributed by atoms with Crippen molar-refractivity contribution in [2.45, 2.75) is 0 Å². The van der Waals surface area contributed by atoms with Crippen LogP contribution in [-0.2, 0) is 0 Å². The zero-order chi connectivity index (χ0) is 18.0. The summed E-state index contributed by atoms with van der Waals surface area (Å²) in [5.41, 5.74) is 5.38. The Balaban J connectivity index is 1.76. The van der Waals surface area contributed by atoms with E-state index in [-0.39, 0.29) is 0 Å². The number of hydrogen-bond acceptors (Lipinski definition) is 1. The van der Waals surface area contributed by atoms with E-state index < -0.39 is 0 Å². The molecule has 4 aromatic carbocycles. The summed E-state index contributed by atoms with van der Waals surface area (Å²) < 4.78 is 9.41. The van der Waals surface area contributed by atoms with E-state index in [1.807, 2.05) is 12.1 Å². The Bertz CT molecular complexity index is 1490.